The van der Waals surface area contributed by atoms with Gasteiger partial charge in [0.05, 0.1) is 0 Å². The Morgan fingerprint density at radius 2 is 2.15 bits per heavy atom. The van der Waals surface area contributed by atoms with Crippen LogP contribution in [-0.4, -0.2) is 25.8 Å². The van der Waals surface area contributed by atoms with E-state index in [4.69, 9.17) is 11.6 Å². The lowest BCUT2D eigenvalue weighted by atomic mass is 9.91. The van der Waals surface area contributed by atoms with E-state index >= 15 is 0 Å². The molecule has 0 spiro atoms. The summed E-state index contributed by atoms with van der Waals surface area (Å²) in [6.45, 7) is 3.06. The Morgan fingerprint density at radius 3 is 3.00 bits per heavy atom. The second-order valence-corrected chi connectivity index (χ2v) is 6.02. The molecule has 3 heteroatoms. The van der Waals surface area contributed by atoms with E-state index in [-0.39, 0.29) is 0 Å². The highest BCUT2D eigenvalue weighted by Crippen LogP contribution is 2.28. The lowest BCUT2D eigenvalue weighted by Crippen LogP contribution is -2.16. The topological polar surface area (TPSA) is 24.4 Å². The zero-order valence-corrected chi connectivity index (χ0v) is 12.5. The van der Waals surface area contributed by atoms with Gasteiger partial charge in [0.2, 0.25) is 0 Å². The Kier molecular flexibility index (Phi) is 4.54. The van der Waals surface area contributed by atoms with E-state index in [1.54, 1.807) is 0 Å². The summed E-state index contributed by atoms with van der Waals surface area (Å²) in [7, 11) is 0. The summed E-state index contributed by atoms with van der Waals surface area (Å²) in [5.41, 5.74) is 4.34. The van der Waals surface area contributed by atoms with E-state index in [1.807, 2.05) is 6.21 Å². The van der Waals surface area contributed by atoms with Crippen molar-refractivity contribution < 1.29 is 0 Å². The number of rotatable bonds is 3. The van der Waals surface area contributed by atoms with E-state index in [2.05, 4.69) is 34.6 Å². The van der Waals surface area contributed by atoms with Crippen molar-refractivity contribution >= 4 is 17.8 Å². The fraction of sp³-hybridized carbons (Fsp3) is 0.471. The number of nitrogens with one attached hydrogen (secondary N) is 1. The van der Waals surface area contributed by atoms with E-state index in [9.17, 15) is 0 Å². The average Bonchev–Trinajstić information content (AvgIpc) is 2.73. The van der Waals surface area contributed by atoms with Crippen LogP contribution < -0.4 is 5.32 Å². The molecule has 2 heterocycles. The normalized spacial score (nSPS) is 21.6. The Morgan fingerprint density at radius 1 is 1.25 bits per heavy atom. The van der Waals surface area contributed by atoms with Crippen LogP contribution in [-0.2, 0) is 19.3 Å². The van der Waals surface area contributed by atoms with E-state index in [0.717, 1.165) is 50.3 Å². The maximum Gasteiger partial charge on any atom is 0.0452 e. The molecular weight excluding hydrogens is 268 g/mol. The average molecular weight is 289 g/mol. The third-order valence-corrected chi connectivity index (χ3v) is 4.63. The molecule has 1 N–H and O–H groups in total. The second kappa shape index (κ2) is 6.55. The summed E-state index contributed by atoms with van der Waals surface area (Å²) in [5, 5.41) is 4.41. The minimum absolute atomic E-state index is 0.566. The van der Waals surface area contributed by atoms with Gasteiger partial charge in [0, 0.05) is 17.8 Å². The molecule has 106 valence electrons. The lowest BCUT2D eigenvalue weighted by Gasteiger charge is -2.17. The van der Waals surface area contributed by atoms with E-state index in [1.165, 1.54) is 16.7 Å². The largest absolute Gasteiger partial charge is 0.316 e. The molecule has 2 nitrogen and oxygen atoms in total. The standard InChI is InChI=1S/C17H21ClN2/c18-17-6-4-14-7-10-19-11-8-15(14)16(17)5-3-13-2-1-9-20-12-13/h1-2,4,6,9,13,19H,3,5,7-8,10-12H2. The minimum atomic E-state index is 0.566. The van der Waals surface area contributed by atoms with Gasteiger partial charge in [-0.3, -0.25) is 4.99 Å². The molecule has 0 fully saturated rings. The van der Waals surface area contributed by atoms with Crippen LogP contribution in [0.15, 0.2) is 29.3 Å². The van der Waals surface area contributed by atoms with Gasteiger partial charge in [-0.05, 0) is 73.5 Å². The van der Waals surface area contributed by atoms with Gasteiger partial charge in [0.25, 0.3) is 0 Å². The highest BCUT2D eigenvalue weighted by molar-refractivity contribution is 6.31. The summed E-state index contributed by atoms with van der Waals surface area (Å²) in [5.74, 6) is 0.566. The van der Waals surface area contributed by atoms with Crippen LogP contribution in [0.4, 0.5) is 0 Å². The molecule has 1 aromatic carbocycles. The number of aliphatic imine (C=N–C) groups is 1. The zero-order valence-electron chi connectivity index (χ0n) is 11.7. The molecule has 20 heavy (non-hydrogen) atoms. The first-order valence-corrected chi connectivity index (χ1v) is 7.89. The van der Waals surface area contributed by atoms with Crippen molar-refractivity contribution in [3.63, 3.8) is 0 Å². The first-order chi connectivity index (χ1) is 9.84. The van der Waals surface area contributed by atoms with Crippen molar-refractivity contribution in [2.75, 3.05) is 19.6 Å². The van der Waals surface area contributed by atoms with E-state index < -0.39 is 0 Å². The van der Waals surface area contributed by atoms with Crippen LogP contribution in [0.2, 0.25) is 5.02 Å². The maximum atomic E-state index is 6.46. The Labute approximate surface area is 125 Å². The van der Waals surface area contributed by atoms with Gasteiger partial charge in [-0.15, -0.1) is 0 Å². The number of nitrogens with zero attached hydrogens (tertiary/aromatic N) is 1. The predicted molar refractivity (Wildman–Crippen MR) is 86.0 cm³/mol. The number of halogens is 1. The molecule has 0 saturated carbocycles. The van der Waals surface area contributed by atoms with Crippen LogP contribution in [0.1, 0.15) is 23.1 Å². The first kappa shape index (κ1) is 13.8. The molecule has 0 aliphatic carbocycles. The third-order valence-electron chi connectivity index (χ3n) is 4.27. The van der Waals surface area contributed by atoms with Crippen molar-refractivity contribution in [1.29, 1.82) is 0 Å². The van der Waals surface area contributed by atoms with Crippen molar-refractivity contribution in [3.8, 4) is 0 Å². The van der Waals surface area contributed by atoms with Crippen LogP contribution in [0.5, 0.6) is 0 Å². The zero-order chi connectivity index (χ0) is 13.8. The number of fused-ring (bicyclic) bond motifs is 1. The molecule has 0 saturated heterocycles. The second-order valence-electron chi connectivity index (χ2n) is 5.61. The van der Waals surface area contributed by atoms with Gasteiger partial charge in [-0.2, -0.15) is 0 Å². The predicted octanol–water partition coefficient (Wildman–Crippen LogP) is 3.22. The molecule has 0 bridgehead atoms. The first-order valence-electron chi connectivity index (χ1n) is 7.51. The fourth-order valence-electron chi connectivity index (χ4n) is 3.13. The summed E-state index contributed by atoms with van der Waals surface area (Å²) in [6.07, 6.45) is 10.6. The molecule has 2 aliphatic heterocycles. The maximum absolute atomic E-state index is 6.46. The van der Waals surface area contributed by atoms with E-state index in [0.29, 0.717) is 5.92 Å². The molecule has 1 unspecified atom stereocenters. The van der Waals surface area contributed by atoms with Crippen molar-refractivity contribution in [3.05, 3.63) is 46.0 Å². The van der Waals surface area contributed by atoms with Gasteiger partial charge in [0.15, 0.2) is 0 Å². The number of hydrogen-bond donors (Lipinski definition) is 1. The molecule has 0 amide bonds. The van der Waals surface area contributed by atoms with Crippen molar-refractivity contribution in [2.24, 2.45) is 10.9 Å². The van der Waals surface area contributed by atoms with Crippen LogP contribution in [0, 0.1) is 5.92 Å². The van der Waals surface area contributed by atoms with Crippen LogP contribution >= 0.6 is 11.6 Å². The highest BCUT2D eigenvalue weighted by atomic mass is 35.5. The Balaban J connectivity index is 1.77. The molecule has 0 aromatic heterocycles. The van der Waals surface area contributed by atoms with Gasteiger partial charge < -0.3 is 5.32 Å². The smallest absolute Gasteiger partial charge is 0.0452 e. The van der Waals surface area contributed by atoms with Gasteiger partial charge in [0.1, 0.15) is 0 Å². The van der Waals surface area contributed by atoms with Crippen molar-refractivity contribution in [1.82, 2.24) is 5.32 Å². The monoisotopic (exact) mass is 288 g/mol. The summed E-state index contributed by atoms with van der Waals surface area (Å²) in [6, 6.07) is 4.29. The Hall–Kier alpha value is -1.12. The minimum Gasteiger partial charge on any atom is -0.316 e. The number of benzene rings is 1. The van der Waals surface area contributed by atoms with Gasteiger partial charge in [-0.1, -0.05) is 23.7 Å². The van der Waals surface area contributed by atoms with Crippen LogP contribution in [0.25, 0.3) is 0 Å². The van der Waals surface area contributed by atoms with Crippen LogP contribution in [0.3, 0.4) is 0 Å². The molecule has 2 aliphatic rings. The Bertz CT molecular complexity index is 534. The number of dihydropyridines is 1. The highest BCUT2D eigenvalue weighted by Gasteiger charge is 2.16. The third kappa shape index (κ3) is 3.13. The summed E-state index contributed by atoms with van der Waals surface area (Å²) >= 11 is 6.46. The molecular formula is C17H21ClN2. The summed E-state index contributed by atoms with van der Waals surface area (Å²) in [4.78, 5) is 4.34. The molecule has 0 radical (unpaired) electrons. The number of hydrogen-bond acceptors (Lipinski definition) is 2. The van der Waals surface area contributed by atoms with Crippen molar-refractivity contribution in [2.45, 2.75) is 25.7 Å². The number of allylic oxidation sites excluding steroid dienone is 1. The molecule has 1 aromatic rings. The lowest BCUT2D eigenvalue weighted by molar-refractivity contribution is 0.597. The van der Waals surface area contributed by atoms with Gasteiger partial charge in [-0.25, -0.2) is 0 Å². The van der Waals surface area contributed by atoms with Gasteiger partial charge >= 0.3 is 0 Å². The molecule has 1 atom stereocenters. The summed E-state index contributed by atoms with van der Waals surface area (Å²) < 4.78 is 0. The fourth-order valence-corrected chi connectivity index (χ4v) is 3.40. The quantitative estimate of drug-likeness (QED) is 0.907. The SMILES string of the molecule is Clc1ccc2c(c1CCC1C=CC=NC1)CCNCC2. The molecule has 3 rings (SSSR count).